The molecule has 0 heterocycles. The summed E-state index contributed by atoms with van der Waals surface area (Å²) < 4.78 is 25.4. The maximum absolute atomic E-state index is 11.4. The Balaban J connectivity index is 2.12. The Labute approximate surface area is 86.5 Å². The first-order chi connectivity index (χ1) is 6.64. The summed E-state index contributed by atoms with van der Waals surface area (Å²) in [6.45, 7) is 1.17. The molecule has 0 saturated heterocycles. The number of rotatable bonds is 7. The molecule has 1 aliphatic carbocycles. The van der Waals surface area contributed by atoms with Crippen LogP contribution in [0.3, 0.4) is 0 Å². The van der Waals surface area contributed by atoms with E-state index in [4.69, 9.17) is 0 Å². The largest absolute Gasteiger partial charge is 0.318 e. The van der Waals surface area contributed by atoms with Gasteiger partial charge in [0.2, 0.25) is 10.0 Å². The molecule has 0 aromatic rings. The fourth-order valence-electron chi connectivity index (χ4n) is 1.51. The van der Waals surface area contributed by atoms with Crippen molar-refractivity contribution in [1.29, 1.82) is 0 Å². The third kappa shape index (κ3) is 4.39. The topological polar surface area (TPSA) is 58.2 Å². The maximum Gasteiger partial charge on any atom is 0.211 e. The zero-order valence-corrected chi connectivity index (χ0v) is 9.57. The molecule has 0 aromatic carbocycles. The summed E-state index contributed by atoms with van der Waals surface area (Å²) in [7, 11) is -1.21. The van der Waals surface area contributed by atoms with E-state index < -0.39 is 10.0 Å². The van der Waals surface area contributed by atoms with E-state index in [9.17, 15) is 8.42 Å². The van der Waals surface area contributed by atoms with Crippen LogP contribution in [0, 0.1) is 5.92 Å². The van der Waals surface area contributed by atoms with Crippen LogP contribution in [0.1, 0.15) is 25.7 Å². The molecule has 0 aliphatic heterocycles. The van der Waals surface area contributed by atoms with Gasteiger partial charge in [0.25, 0.3) is 0 Å². The Morgan fingerprint density at radius 3 is 2.50 bits per heavy atom. The van der Waals surface area contributed by atoms with Gasteiger partial charge in [0.15, 0.2) is 0 Å². The van der Waals surface area contributed by atoms with Crippen molar-refractivity contribution in [2.24, 2.45) is 5.92 Å². The lowest BCUT2D eigenvalue weighted by Gasteiger charge is -2.24. The van der Waals surface area contributed by atoms with Crippen molar-refractivity contribution in [2.45, 2.75) is 25.7 Å². The van der Waals surface area contributed by atoms with E-state index in [-0.39, 0.29) is 0 Å². The van der Waals surface area contributed by atoms with Crippen molar-refractivity contribution in [1.82, 2.24) is 10.0 Å². The van der Waals surface area contributed by atoms with Gasteiger partial charge in [-0.1, -0.05) is 19.3 Å². The minimum absolute atomic E-state index is 0.293. The highest BCUT2D eigenvalue weighted by molar-refractivity contribution is 7.89. The van der Waals surface area contributed by atoms with Gasteiger partial charge in [-0.3, -0.25) is 0 Å². The average molecular weight is 220 g/mol. The smallest absolute Gasteiger partial charge is 0.211 e. The van der Waals surface area contributed by atoms with Crippen molar-refractivity contribution in [3.05, 3.63) is 0 Å². The van der Waals surface area contributed by atoms with Crippen LogP contribution in [-0.2, 0) is 10.0 Å². The van der Waals surface area contributed by atoms with Gasteiger partial charge < -0.3 is 5.32 Å². The van der Waals surface area contributed by atoms with Crippen LogP contribution >= 0.6 is 0 Å². The normalized spacial score (nSPS) is 18.1. The Kier molecular flexibility index (Phi) is 4.84. The maximum atomic E-state index is 11.4. The number of nitrogens with one attached hydrogen (secondary N) is 2. The number of hydrogen-bond donors (Lipinski definition) is 2. The number of likely N-dealkylation sites (N-methyl/N-ethyl adjacent to an activating group) is 1. The third-order valence-corrected chi connectivity index (χ3v) is 4.13. The first kappa shape index (κ1) is 11.9. The van der Waals surface area contributed by atoms with Crippen LogP contribution in [0.5, 0.6) is 0 Å². The van der Waals surface area contributed by atoms with Gasteiger partial charge in [0, 0.05) is 13.1 Å². The van der Waals surface area contributed by atoms with Gasteiger partial charge in [-0.15, -0.1) is 0 Å². The molecule has 0 unspecified atom stereocenters. The second-order valence-corrected chi connectivity index (χ2v) is 5.83. The standard InChI is InChI=1S/C9H20N2O2S/c1-10-6-7-11-14(12,13)8-5-9-3-2-4-9/h9-11H,2-8H2,1H3. The minimum atomic E-state index is -3.02. The van der Waals surface area contributed by atoms with Crippen LogP contribution in [0.25, 0.3) is 0 Å². The molecule has 4 nitrogen and oxygen atoms in total. The summed E-state index contributed by atoms with van der Waals surface area (Å²) in [5.74, 6) is 0.956. The molecular formula is C9H20N2O2S. The Bertz CT molecular complexity index is 248. The fraction of sp³-hybridized carbons (Fsp3) is 1.00. The second-order valence-electron chi connectivity index (χ2n) is 3.90. The summed E-state index contributed by atoms with van der Waals surface area (Å²) in [5, 5.41) is 2.90. The second kappa shape index (κ2) is 5.68. The van der Waals surface area contributed by atoms with Crippen LogP contribution in [-0.4, -0.2) is 34.3 Å². The van der Waals surface area contributed by atoms with E-state index in [1.807, 2.05) is 7.05 Å². The molecule has 5 heteroatoms. The third-order valence-electron chi connectivity index (χ3n) is 2.72. The van der Waals surface area contributed by atoms with E-state index in [1.165, 1.54) is 19.3 Å². The van der Waals surface area contributed by atoms with Crippen LogP contribution in [0.2, 0.25) is 0 Å². The quantitative estimate of drug-likeness (QED) is 0.607. The van der Waals surface area contributed by atoms with Gasteiger partial charge in [-0.05, 0) is 19.4 Å². The summed E-state index contributed by atoms with van der Waals surface area (Å²) in [6, 6.07) is 0. The Hall–Kier alpha value is -0.130. The lowest BCUT2D eigenvalue weighted by atomic mass is 9.84. The predicted octanol–water partition coefficient (Wildman–Crippen LogP) is 0.315. The fourth-order valence-corrected chi connectivity index (χ4v) is 2.71. The Morgan fingerprint density at radius 1 is 1.29 bits per heavy atom. The molecule has 0 bridgehead atoms. The van der Waals surface area contributed by atoms with E-state index in [1.54, 1.807) is 0 Å². The van der Waals surface area contributed by atoms with Gasteiger partial charge in [-0.2, -0.15) is 0 Å². The zero-order chi connectivity index (χ0) is 10.4. The first-order valence-corrected chi connectivity index (χ1v) is 6.91. The first-order valence-electron chi connectivity index (χ1n) is 5.26. The highest BCUT2D eigenvalue weighted by Gasteiger charge is 2.20. The molecule has 0 amide bonds. The van der Waals surface area contributed by atoms with E-state index in [2.05, 4.69) is 10.0 Å². The van der Waals surface area contributed by atoms with Crippen LogP contribution < -0.4 is 10.0 Å². The lowest BCUT2D eigenvalue weighted by Crippen LogP contribution is -2.33. The van der Waals surface area contributed by atoms with E-state index in [0.29, 0.717) is 24.8 Å². The predicted molar refractivity (Wildman–Crippen MR) is 57.7 cm³/mol. The van der Waals surface area contributed by atoms with E-state index >= 15 is 0 Å². The molecule has 1 rings (SSSR count). The molecular weight excluding hydrogens is 200 g/mol. The summed E-state index contributed by atoms with van der Waals surface area (Å²) >= 11 is 0. The molecule has 84 valence electrons. The monoisotopic (exact) mass is 220 g/mol. The van der Waals surface area contributed by atoms with E-state index in [0.717, 1.165) is 6.42 Å². The van der Waals surface area contributed by atoms with Crippen molar-refractivity contribution in [2.75, 3.05) is 25.9 Å². The van der Waals surface area contributed by atoms with Crippen molar-refractivity contribution in [3.8, 4) is 0 Å². The summed E-state index contributed by atoms with van der Waals surface area (Å²) in [5.41, 5.74) is 0. The van der Waals surface area contributed by atoms with Crippen molar-refractivity contribution >= 4 is 10.0 Å². The summed E-state index contributed by atoms with van der Waals surface area (Å²) in [4.78, 5) is 0. The lowest BCUT2D eigenvalue weighted by molar-refractivity contribution is 0.307. The number of hydrogen-bond acceptors (Lipinski definition) is 3. The minimum Gasteiger partial charge on any atom is -0.318 e. The highest BCUT2D eigenvalue weighted by Crippen LogP contribution is 2.29. The van der Waals surface area contributed by atoms with Gasteiger partial charge in [0.1, 0.15) is 0 Å². The molecule has 14 heavy (non-hydrogen) atoms. The number of sulfonamides is 1. The molecule has 0 atom stereocenters. The van der Waals surface area contributed by atoms with Gasteiger partial charge in [0.05, 0.1) is 5.75 Å². The Morgan fingerprint density at radius 2 is 2.00 bits per heavy atom. The molecule has 0 spiro atoms. The van der Waals surface area contributed by atoms with Gasteiger partial charge in [-0.25, -0.2) is 13.1 Å². The SMILES string of the molecule is CNCCNS(=O)(=O)CCC1CCC1. The molecule has 0 aromatic heterocycles. The van der Waals surface area contributed by atoms with Crippen LogP contribution in [0.4, 0.5) is 0 Å². The molecule has 0 radical (unpaired) electrons. The summed E-state index contributed by atoms with van der Waals surface area (Å²) in [6.07, 6.45) is 4.53. The highest BCUT2D eigenvalue weighted by atomic mass is 32.2. The van der Waals surface area contributed by atoms with Crippen molar-refractivity contribution < 1.29 is 8.42 Å². The molecule has 2 N–H and O–H groups in total. The van der Waals surface area contributed by atoms with Crippen LogP contribution in [0.15, 0.2) is 0 Å². The molecule has 1 saturated carbocycles. The molecule has 1 fully saturated rings. The average Bonchev–Trinajstić information content (AvgIpc) is 2.01. The van der Waals surface area contributed by atoms with Crippen molar-refractivity contribution in [3.63, 3.8) is 0 Å². The molecule has 1 aliphatic rings. The van der Waals surface area contributed by atoms with Gasteiger partial charge >= 0.3 is 0 Å². The zero-order valence-electron chi connectivity index (χ0n) is 8.75.